The smallest absolute Gasteiger partial charge is 0.138 e. The first-order chi connectivity index (χ1) is 8.31. The van der Waals surface area contributed by atoms with E-state index in [0.717, 1.165) is 0 Å². The van der Waals surface area contributed by atoms with Crippen LogP contribution in [0.2, 0.25) is 5.02 Å². The zero-order chi connectivity index (χ0) is 11.7. The van der Waals surface area contributed by atoms with Crippen molar-refractivity contribution < 1.29 is 9.37 Å². The molecule has 0 aliphatic heterocycles. The minimum atomic E-state index is 0.663. The number of aromatic nitrogens is 2. The summed E-state index contributed by atoms with van der Waals surface area (Å²) in [7, 11) is 0. The molecule has 4 nitrogen and oxygen atoms in total. The van der Waals surface area contributed by atoms with Gasteiger partial charge >= 0.3 is 0 Å². The summed E-state index contributed by atoms with van der Waals surface area (Å²) in [4.78, 5) is 0. The molecule has 0 aliphatic carbocycles. The van der Waals surface area contributed by atoms with Gasteiger partial charge < -0.3 is 4.74 Å². The van der Waals surface area contributed by atoms with Crippen molar-refractivity contribution in [3.63, 3.8) is 0 Å². The lowest BCUT2D eigenvalue weighted by Crippen LogP contribution is -1.83. The lowest BCUT2D eigenvalue weighted by atomic mass is 10.3. The van der Waals surface area contributed by atoms with E-state index in [1.54, 1.807) is 42.5 Å². The number of ether oxygens (including phenoxy) is 1. The summed E-state index contributed by atoms with van der Waals surface area (Å²) in [5, 5.41) is 8.14. The van der Waals surface area contributed by atoms with Crippen LogP contribution in [-0.4, -0.2) is 10.3 Å². The number of hydrogen-bond donors (Lipinski definition) is 0. The van der Waals surface area contributed by atoms with Crippen molar-refractivity contribution in [3.05, 3.63) is 47.5 Å². The average molecular weight is 247 g/mol. The summed E-state index contributed by atoms with van der Waals surface area (Å²) < 4.78 is 10.3. The molecule has 3 aromatic rings. The Morgan fingerprint density at radius 3 is 2.41 bits per heavy atom. The Labute approximate surface area is 102 Å². The quantitative estimate of drug-likeness (QED) is 0.692. The van der Waals surface area contributed by atoms with Crippen LogP contribution < -0.4 is 4.74 Å². The van der Waals surface area contributed by atoms with Gasteiger partial charge in [-0.05, 0) is 46.7 Å². The molecule has 3 rings (SSSR count). The molecule has 0 bridgehead atoms. The summed E-state index contributed by atoms with van der Waals surface area (Å²) in [6, 6.07) is 12.5. The Hall–Kier alpha value is -2.07. The summed E-state index contributed by atoms with van der Waals surface area (Å²) in [6.45, 7) is 0. The molecule has 2 aromatic carbocycles. The first-order valence-corrected chi connectivity index (χ1v) is 5.35. The largest absolute Gasteiger partial charge is 0.457 e. The number of hydrogen-bond acceptors (Lipinski definition) is 4. The number of nitrogens with zero attached hydrogens (tertiary/aromatic N) is 2. The van der Waals surface area contributed by atoms with Crippen LogP contribution >= 0.6 is 11.6 Å². The van der Waals surface area contributed by atoms with Crippen molar-refractivity contribution in [2.75, 3.05) is 0 Å². The third-order valence-electron chi connectivity index (χ3n) is 2.27. The highest BCUT2D eigenvalue weighted by Crippen LogP contribution is 2.25. The molecule has 0 atom stereocenters. The first kappa shape index (κ1) is 10.1. The molecule has 0 spiro atoms. The van der Waals surface area contributed by atoms with E-state index in [4.69, 9.17) is 16.3 Å². The van der Waals surface area contributed by atoms with Crippen molar-refractivity contribution >= 4 is 22.6 Å². The molecular formula is C12H7ClN2O2. The number of benzene rings is 2. The van der Waals surface area contributed by atoms with Crippen LogP contribution in [0.4, 0.5) is 0 Å². The molecule has 1 aromatic heterocycles. The highest BCUT2D eigenvalue weighted by Gasteiger charge is 2.03. The molecule has 0 radical (unpaired) electrons. The van der Waals surface area contributed by atoms with Gasteiger partial charge in [0.1, 0.15) is 22.5 Å². The number of rotatable bonds is 2. The minimum Gasteiger partial charge on any atom is -0.457 e. The molecule has 0 fully saturated rings. The topological polar surface area (TPSA) is 48.2 Å². The second-order valence-corrected chi connectivity index (χ2v) is 3.91. The van der Waals surface area contributed by atoms with Crippen molar-refractivity contribution in [2.45, 2.75) is 0 Å². The van der Waals surface area contributed by atoms with Crippen LogP contribution in [0.3, 0.4) is 0 Å². The molecule has 17 heavy (non-hydrogen) atoms. The first-order valence-electron chi connectivity index (χ1n) is 4.97. The average Bonchev–Trinajstić information content (AvgIpc) is 2.79. The summed E-state index contributed by atoms with van der Waals surface area (Å²) in [5.74, 6) is 1.39. The van der Waals surface area contributed by atoms with E-state index in [1.165, 1.54) is 0 Å². The maximum absolute atomic E-state index is 5.79. The van der Waals surface area contributed by atoms with E-state index >= 15 is 0 Å². The van der Waals surface area contributed by atoms with Gasteiger partial charge in [0.05, 0.1) is 0 Å². The minimum absolute atomic E-state index is 0.663. The molecule has 84 valence electrons. The third kappa shape index (κ3) is 2.07. The summed E-state index contributed by atoms with van der Waals surface area (Å²) in [5.41, 5.74) is 1.37. The Balaban J connectivity index is 1.91. The standard InChI is InChI=1S/C12H7ClN2O2/c13-8-1-3-9(4-2-8)16-10-5-6-11-12(7-10)15-17-14-11/h1-7H. The predicted molar refractivity (Wildman–Crippen MR) is 63.3 cm³/mol. The SMILES string of the molecule is Clc1ccc(Oc2ccc3nonc3c2)cc1. The van der Waals surface area contributed by atoms with Crippen molar-refractivity contribution in [3.8, 4) is 11.5 Å². The van der Waals surface area contributed by atoms with Crippen LogP contribution in [-0.2, 0) is 0 Å². The third-order valence-corrected chi connectivity index (χ3v) is 2.53. The van der Waals surface area contributed by atoms with Crippen LogP contribution in [0, 0.1) is 0 Å². The zero-order valence-electron chi connectivity index (χ0n) is 8.63. The van der Waals surface area contributed by atoms with E-state index in [1.807, 2.05) is 0 Å². The second kappa shape index (κ2) is 4.07. The van der Waals surface area contributed by atoms with Gasteiger partial charge in [-0.25, -0.2) is 4.63 Å². The Morgan fingerprint density at radius 2 is 1.59 bits per heavy atom. The summed E-state index contributed by atoms with van der Waals surface area (Å²) in [6.07, 6.45) is 0. The zero-order valence-corrected chi connectivity index (χ0v) is 9.39. The van der Waals surface area contributed by atoms with E-state index in [9.17, 15) is 0 Å². The Morgan fingerprint density at radius 1 is 0.882 bits per heavy atom. The van der Waals surface area contributed by atoms with Crippen LogP contribution in [0.25, 0.3) is 11.0 Å². The van der Waals surface area contributed by atoms with Gasteiger partial charge in [0.25, 0.3) is 0 Å². The van der Waals surface area contributed by atoms with Crippen LogP contribution in [0.5, 0.6) is 11.5 Å². The van der Waals surface area contributed by atoms with Crippen molar-refractivity contribution in [1.29, 1.82) is 0 Å². The maximum Gasteiger partial charge on any atom is 0.138 e. The highest BCUT2D eigenvalue weighted by molar-refractivity contribution is 6.30. The van der Waals surface area contributed by atoms with Crippen molar-refractivity contribution in [2.24, 2.45) is 0 Å². The van der Waals surface area contributed by atoms with E-state index in [-0.39, 0.29) is 0 Å². The van der Waals surface area contributed by atoms with Gasteiger partial charge in [-0.2, -0.15) is 0 Å². The van der Waals surface area contributed by atoms with E-state index < -0.39 is 0 Å². The van der Waals surface area contributed by atoms with Crippen molar-refractivity contribution in [1.82, 2.24) is 10.3 Å². The maximum atomic E-state index is 5.79. The molecule has 0 amide bonds. The molecule has 0 saturated carbocycles. The lowest BCUT2D eigenvalue weighted by Gasteiger charge is -2.04. The van der Waals surface area contributed by atoms with Crippen LogP contribution in [0.15, 0.2) is 47.1 Å². The van der Waals surface area contributed by atoms with Gasteiger partial charge in [-0.3, -0.25) is 0 Å². The molecule has 0 saturated heterocycles. The van der Waals surface area contributed by atoms with E-state index in [2.05, 4.69) is 14.9 Å². The molecule has 0 N–H and O–H groups in total. The molecule has 5 heteroatoms. The fourth-order valence-corrected chi connectivity index (χ4v) is 1.59. The molecule has 1 heterocycles. The normalized spacial score (nSPS) is 10.6. The number of halogens is 1. The fourth-order valence-electron chi connectivity index (χ4n) is 1.46. The van der Waals surface area contributed by atoms with Gasteiger partial charge in [0.15, 0.2) is 0 Å². The van der Waals surface area contributed by atoms with Gasteiger partial charge in [0, 0.05) is 11.1 Å². The fraction of sp³-hybridized carbons (Fsp3) is 0. The van der Waals surface area contributed by atoms with E-state index in [0.29, 0.717) is 27.6 Å². The van der Waals surface area contributed by atoms with Gasteiger partial charge in [0.2, 0.25) is 0 Å². The molecule has 0 unspecified atom stereocenters. The van der Waals surface area contributed by atoms with Gasteiger partial charge in [-0.15, -0.1) is 0 Å². The lowest BCUT2D eigenvalue weighted by molar-refractivity contribution is 0.315. The summed E-state index contributed by atoms with van der Waals surface area (Å²) >= 11 is 5.79. The van der Waals surface area contributed by atoms with Gasteiger partial charge in [-0.1, -0.05) is 11.6 Å². The molecular weight excluding hydrogens is 240 g/mol. The monoisotopic (exact) mass is 246 g/mol. The predicted octanol–water partition coefficient (Wildman–Crippen LogP) is 3.67. The Kier molecular flexibility index (Phi) is 2.42. The number of fused-ring (bicyclic) bond motifs is 1. The van der Waals surface area contributed by atoms with Crippen LogP contribution in [0.1, 0.15) is 0 Å². The Bertz CT molecular complexity index is 649. The molecule has 0 aliphatic rings. The highest BCUT2D eigenvalue weighted by atomic mass is 35.5. The second-order valence-electron chi connectivity index (χ2n) is 3.47.